The third-order valence-electron chi connectivity index (χ3n) is 2.72. The summed E-state index contributed by atoms with van der Waals surface area (Å²) in [5, 5.41) is 2.20. The Morgan fingerprint density at radius 1 is 1.24 bits per heavy atom. The van der Waals surface area contributed by atoms with Crippen LogP contribution in [-0.2, 0) is 20.5 Å². The van der Waals surface area contributed by atoms with Gasteiger partial charge in [0, 0.05) is 11.1 Å². The standard InChI is InChI=1S/C15H12F3N3O3S/c1-2-24-13(23)12(22)20-9-5-3-4-6-10(9)25-14-19-8-7-11(21-14)15(16,17)18/h3-8H,2H2,1H3,(H,20,22). The van der Waals surface area contributed by atoms with Crippen LogP contribution in [0.15, 0.2) is 46.6 Å². The Morgan fingerprint density at radius 3 is 2.64 bits per heavy atom. The molecule has 0 fully saturated rings. The molecular formula is C15H12F3N3O3S. The largest absolute Gasteiger partial charge is 0.459 e. The number of nitrogens with zero attached hydrogens (tertiary/aromatic N) is 2. The fourth-order valence-electron chi connectivity index (χ4n) is 1.68. The van der Waals surface area contributed by atoms with Crippen molar-refractivity contribution in [3.63, 3.8) is 0 Å². The summed E-state index contributed by atoms with van der Waals surface area (Å²) >= 11 is 0.822. The van der Waals surface area contributed by atoms with Crippen LogP contribution in [-0.4, -0.2) is 28.5 Å². The van der Waals surface area contributed by atoms with Crippen molar-refractivity contribution >= 4 is 29.3 Å². The number of alkyl halides is 3. The second-order valence-electron chi connectivity index (χ2n) is 4.50. The highest BCUT2D eigenvalue weighted by molar-refractivity contribution is 7.99. The van der Waals surface area contributed by atoms with Crippen molar-refractivity contribution in [3.8, 4) is 0 Å². The minimum atomic E-state index is -4.59. The lowest BCUT2D eigenvalue weighted by atomic mass is 10.3. The molecule has 1 aromatic heterocycles. The fraction of sp³-hybridized carbons (Fsp3) is 0.200. The van der Waals surface area contributed by atoms with Crippen LogP contribution in [0, 0.1) is 0 Å². The Morgan fingerprint density at radius 2 is 1.96 bits per heavy atom. The van der Waals surface area contributed by atoms with E-state index < -0.39 is 23.7 Å². The van der Waals surface area contributed by atoms with E-state index in [9.17, 15) is 22.8 Å². The number of rotatable bonds is 4. The minimum Gasteiger partial charge on any atom is -0.459 e. The summed E-state index contributed by atoms with van der Waals surface area (Å²) in [5.74, 6) is -2.04. The first-order valence-corrected chi connectivity index (χ1v) is 7.78. The van der Waals surface area contributed by atoms with Crippen LogP contribution in [0.5, 0.6) is 0 Å². The summed E-state index contributed by atoms with van der Waals surface area (Å²) in [6, 6.07) is 7.02. The van der Waals surface area contributed by atoms with Crippen LogP contribution in [0.1, 0.15) is 12.6 Å². The van der Waals surface area contributed by atoms with Crippen molar-refractivity contribution in [1.29, 1.82) is 0 Å². The fourth-order valence-corrected chi connectivity index (χ4v) is 2.50. The van der Waals surface area contributed by atoms with Crippen LogP contribution in [0.25, 0.3) is 0 Å². The average Bonchev–Trinajstić information content (AvgIpc) is 2.56. The number of aromatic nitrogens is 2. The molecule has 10 heteroatoms. The summed E-state index contributed by atoms with van der Waals surface area (Å²) in [7, 11) is 0. The molecule has 0 spiro atoms. The SMILES string of the molecule is CCOC(=O)C(=O)Nc1ccccc1Sc1nccc(C(F)(F)F)n1. The zero-order valence-corrected chi connectivity index (χ0v) is 13.6. The van der Waals surface area contributed by atoms with Gasteiger partial charge in [-0.15, -0.1) is 0 Å². The van der Waals surface area contributed by atoms with Gasteiger partial charge >= 0.3 is 18.1 Å². The molecule has 6 nitrogen and oxygen atoms in total. The third-order valence-corrected chi connectivity index (χ3v) is 3.68. The molecule has 0 saturated carbocycles. The van der Waals surface area contributed by atoms with Gasteiger partial charge in [-0.05, 0) is 36.9 Å². The van der Waals surface area contributed by atoms with Crippen LogP contribution in [0.2, 0.25) is 0 Å². The van der Waals surface area contributed by atoms with E-state index in [1.54, 1.807) is 25.1 Å². The van der Waals surface area contributed by atoms with Gasteiger partial charge in [-0.1, -0.05) is 12.1 Å². The number of hydrogen-bond acceptors (Lipinski definition) is 6. The van der Waals surface area contributed by atoms with E-state index >= 15 is 0 Å². The number of benzene rings is 1. The van der Waals surface area contributed by atoms with E-state index in [0.29, 0.717) is 4.90 Å². The number of carbonyl (C=O) groups excluding carboxylic acids is 2. The lowest BCUT2D eigenvalue weighted by molar-refractivity contribution is -0.152. The molecule has 0 saturated heterocycles. The molecule has 2 aromatic rings. The Bertz CT molecular complexity index is 784. The topological polar surface area (TPSA) is 81.2 Å². The number of ether oxygens (including phenoxy) is 1. The van der Waals surface area contributed by atoms with Crippen molar-refractivity contribution in [2.24, 2.45) is 0 Å². The van der Waals surface area contributed by atoms with E-state index in [2.05, 4.69) is 20.0 Å². The predicted molar refractivity (Wildman–Crippen MR) is 82.9 cm³/mol. The molecule has 1 aromatic carbocycles. The zero-order chi connectivity index (χ0) is 18.4. The van der Waals surface area contributed by atoms with E-state index in [0.717, 1.165) is 24.0 Å². The highest BCUT2D eigenvalue weighted by Crippen LogP contribution is 2.33. The number of para-hydroxylation sites is 1. The predicted octanol–water partition coefficient (Wildman–Crippen LogP) is 3.15. The first-order chi connectivity index (χ1) is 11.8. The maximum atomic E-state index is 12.7. The average molecular weight is 371 g/mol. The van der Waals surface area contributed by atoms with E-state index in [4.69, 9.17) is 0 Å². The summed E-state index contributed by atoms with van der Waals surface area (Å²) in [4.78, 5) is 30.7. The maximum Gasteiger partial charge on any atom is 0.433 e. The highest BCUT2D eigenvalue weighted by Gasteiger charge is 2.32. The monoisotopic (exact) mass is 371 g/mol. The lowest BCUT2D eigenvalue weighted by Gasteiger charge is -2.10. The number of carbonyl (C=O) groups is 2. The smallest absolute Gasteiger partial charge is 0.433 e. The lowest BCUT2D eigenvalue weighted by Crippen LogP contribution is -2.25. The van der Waals surface area contributed by atoms with Crippen LogP contribution in [0.4, 0.5) is 18.9 Å². The minimum absolute atomic E-state index is 0.0424. The van der Waals surface area contributed by atoms with Crippen molar-refractivity contribution in [2.45, 2.75) is 23.2 Å². The molecule has 0 aliphatic carbocycles. The van der Waals surface area contributed by atoms with E-state index in [1.165, 1.54) is 6.07 Å². The molecule has 1 N–H and O–H groups in total. The van der Waals surface area contributed by atoms with Crippen LogP contribution in [0.3, 0.4) is 0 Å². The summed E-state index contributed by atoms with van der Waals surface area (Å²) in [6.07, 6.45) is -3.59. The normalized spacial score (nSPS) is 11.0. The molecule has 2 rings (SSSR count). The first kappa shape index (κ1) is 18.7. The molecule has 0 aliphatic rings. The van der Waals surface area contributed by atoms with Crippen LogP contribution >= 0.6 is 11.8 Å². The Kier molecular flexibility index (Phi) is 5.97. The molecule has 0 radical (unpaired) electrons. The van der Waals surface area contributed by atoms with E-state index in [-0.39, 0.29) is 17.5 Å². The number of hydrogen-bond donors (Lipinski definition) is 1. The number of esters is 1. The number of amides is 1. The van der Waals surface area contributed by atoms with Gasteiger partial charge in [-0.3, -0.25) is 4.79 Å². The van der Waals surface area contributed by atoms with Crippen molar-refractivity contribution in [2.75, 3.05) is 11.9 Å². The van der Waals surface area contributed by atoms with Gasteiger partial charge in [0.05, 0.1) is 12.3 Å². The Labute approximate surface area is 144 Å². The number of anilines is 1. The third kappa shape index (κ3) is 5.18. The summed E-state index contributed by atoms with van der Waals surface area (Å²) in [5.41, 5.74) is -0.843. The van der Waals surface area contributed by atoms with Crippen molar-refractivity contribution in [3.05, 3.63) is 42.2 Å². The van der Waals surface area contributed by atoms with E-state index in [1.807, 2.05) is 0 Å². The Balaban J connectivity index is 2.21. The highest BCUT2D eigenvalue weighted by atomic mass is 32.2. The first-order valence-electron chi connectivity index (χ1n) is 6.96. The van der Waals surface area contributed by atoms with Gasteiger partial charge in [-0.2, -0.15) is 13.2 Å². The van der Waals surface area contributed by atoms with Crippen molar-refractivity contribution in [1.82, 2.24) is 9.97 Å². The van der Waals surface area contributed by atoms with Gasteiger partial charge in [-0.25, -0.2) is 14.8 Å². The molecule has 25 heavy (non-hydrogen) atoms. The van der Waals surface area contributed by atoms with Crippen molar-refractivity contribution < 1.29 is 27.5 Å². The number of halogens is 3. The molecule has 0 bridgehead atoms. The maximum absolute atomic E-state index is 12.7. The summed E-state index contributed by atoms with van der Waals surface area (Å²) < 4.78 is 42.7. The molecule has 0 aliphatic heterocycles. The molecule has 1 heterocycles. The molecule has 0 atom stereocenters. The quantitative estimate of drug-likeness (QED) is 0.505. The number of nitrogens with one attached hydrogen (secondary N) is 1. The van der Waals surface area contributed by atoms with Gasteiger partial charge < -0.3 is 10.1 Å². The zero-order valence-electron chi connectivity index (χ0n) is 12.8. The second-order valence-corrected chi connectivity index (χ2v) is 5.50. The molecular weight excluding hydrogens is 359 g/mol. The molecule has 0 unspecified atom stereocenters. The molecule has 132 valence electrons. The van der Waals surface area contributed by atoms with Crippen LogP contribution < -0.4 is 5.32 Å². The molecule has 1 amide bonds. The van der Waals surface area contributed by atoms with Gasteiger partial charge in [0.2, 0.25) is 0 Å². The van der Waals surface area contributed by atoms with Gasteiger partial charge in [0.15, 0.2) is 5.16 Å². The summed E-state index contributed by atoms with van der Waals surface area (Å²) in [6.45, 7) is 1.60. The second kappa shape index (κ2) is 7.97. The van der Waals surface area contributed by atoms with Gasteiger partial charge in [0.1, 0.15) is 5.69 Å². The van der Waals surface area contributed by atoms with Gasteiger partial charge in [0.25, 0.3) is 0 Å². The Hall–Kier alpha value is -2.62.